The first-order valence-electron chi connectivity index (χ1n) is 5.21. The fraction of sp³-hybridized carbons (Fsp3) is 0.417. The van der Waals surface area contributed by atoms with Crippen LogP contribution in [-0.2, 0) is 0 Å². The fourth-order valence-corrected chi connectivity index (χ4v) is 2.80. The van der Waals surface area contributed by atoms with Gasteiger partial charge in [-0.15, -0.1) is 0 Å². The number of hydrogen-bond donors (Lipinski definition) is 1. The Morgan fingerprint density at radius 3 is 2.33 bits per heavy atom. The van der Waals surface area contributed by atoms with Gasteiger partial charge in [-0.2, -0.15) is 0 Å². The van der Waals surface area contributed by atoms with E-state index in [0.29, 0.717) is 14.9 Å². The summed E-state index contributed by atoms with van der Waals surface area (Å²) in [4.78, 5) is 12.2. The topological polar surface area (TPSA) is 38.3 Å². The third kappa shape index (κ3) is 3.65. The van der Waals surface area contributed by atoms with Crippen LogP contribution >= 0.6 is 45.8 Å². The second kappa shape index (κ2) is 5.84. The number of nitrogens with one attached hydrogen (secondary N) is 1. The summed E-state index contributed by atoms with van der Waals surface area (Å²) in [6.45, 7) is 5.70. The summed E-state index contributed by atoms with van der Waals surface area (Å²) in [6, 6.07) is 1.69. The van der Waals surface area contributed by atoms with Crippen molar-refractivity contribution in [2.24, 2.45) is 0 Å². The molecular weight excluding hydrogens is 388 g/mol. The molecule has 0 unspecified atom stereocenters. The summed E-state index contributed by atoms with van der Waals surface area (Å²) in [5.41, 5.74) is 0.0357. The van der Waals surface area contributed by atoms with E-state index in [-0.39, 0.29) is 21.5 Å². The highest BCUT2D eigenvalue weighted by molar-refractivity contribution is 14.1. The van der Waals surface area contributed by atoms with Crippen molar-refractivity contribution in [1.82, 2.24) is 5.32 Å². The van der Waals surface area contributed by atoms with Gasteiger partial charge in [-0.25, -0.2) is 0 Å². The monoisotopic (exact) mass is 401 g/mol. The molecule has 1 aromatic rings. The highest BCUT2D eigenvalue weighted by atomic mass is 127. The number of benzene rings is 1. The number of methoxy groups -OCH3 is 1. The molecule has 1 rings (SSSR count). The van der Waals surface area contributed by atoms with E-state index in [0.717, 1.165) is 0 Å². The standard InChI is InChI=1S/C12H14Cl2INO2/c1-12(2,3)16-11(17)8-6(15)5-7(18-4)9(13)10(8)14/h5H,1-4H3,(H,16,17). The molecule has 100 valence electrons. The normalized spacial score (nSPS) is 11.3. The van der Waals surface area contributed by atoms with Crippen LogP contribution in [0.2, 0.25) is 10.0 Å². The van der Waals surface area contributed by atoms with Gasteiger partial charge in [0.2, 0.25) is 0 Å². The molecule has 0 fully saturated rings. The molecule has 0 heterocycles. The van der Waals surface area contributed by atoms with Crippen molar-refractivity contribution in [2.75, 3.05) is 7.11 Å². The minimum Gasteiger partial charge on any atom is -0.495 e. The predicted molar refractivity (Wildman–Crippen MR) is 83.0 cm³/mol. The molecule has 0 atom stereocenters. The van der Waals surface area contributed by atoms with E-state index < -0.39 is 0 Å². The van der Waals surface area contributed by atoms with Crippen LogP contribution in [0.15, 0.2) is 6.07 Å². The van der Waals surface area contributed by atoms with Crippen molar-refractivity contribution in [1.29, 1.82) is 0 Å². The van der Waals surface area contributed by atoms with E-state index in [1.807, 2.05) is 43.4 Å². The van der Waals surface area contributed by atoms with Crippen molar-refractivity contribution in [3.8, 4) is 5.75 Å². The van der Waals surface area contributed by atoms with Gasteiger partial charge in [0, 0.05) is 9.11 Å². The lowest BCUT2D eigenvalue weighted by molar-refractivity contribution is 0.0919. The Kier molecular flexibility index (Phi) is 5.14. The lowest BCUT2D eigenvalue weighted by atomic mass is 10.1. The van der Waals surface area contributed by atoms with Crippen molar-refractivity contribution < 1.29 is 9.53 Å². The third-order valence-corrected chi connectivity index (χ3v) is 3.76. The maximum atomic E-state index is 12.2. The molecule has 0 aliphatic heterocycles. The smallest absolute Gasteiger partial charge is 0.254 e. The predicted octanol–water partition coefficient (Wildman–Crippen LogP) is 4.13. The quantitative estimate of drug-likeness (QED) is 0.597. The van der Waals surface area contributed by atoms with E-state index in [1.54, 1.807) is 6.07 Å². The van der Waals surface area contributed by atoms with E-state index in [2.05, 4.69) is 5.32 Å². The van der Waals surface area contributed by atoms with Crippen LogP contribution in [0.1, 0.15) is 31.1 Å². The van der Waals surface area contributed by atoms with Gasteiger partial charge in [0.05, 0.1) is 17.7 Å². The molecule has 0 aliphatic carbocycles. The first-order valence-corrected chi connectivity index (χ1v) is 7.05. The molecule has 0 aromatic heterocycles. The van der Waals surface area contributed by atoms with Gasteiger partial charge in [0.1, 0.15) is 10.8 Å². The van der Waals surface area contributed by atoms with E-state index in [9.17, 15) is 4.79 Å². The minimum absolute atomic E-state index is 0.210. The molecule has 1 amide bonds. The van der Waals surface area contributed by atoms with E-state index in [4.69, 9.17) is 27.9 Å². The maximum absolute atomic E-state index is 12.2. The minimum atomic E-state index is -0.337. The van der Waals surface area contributed by atoms with Crippen molar-refractivity contribution in [3.05, 3.63) is 25.2 Å². The molecule has 0 radical (unpaired) electrons. The zero-order chi connectivity index (χ0) is 14.1. The Balaban J connectivity index is 3.26. The molecule has 0 saturated carbocycles. The number of amides is 1. The largest absolute Gasteiger partial charge is 0.495 e. The van der Waals surface area contributed by atoms with Crippen molar-refractivity contribution in [2.45, 2.75) is 26.3 Å². The third-order valence-electron chi connectivity index (χ3n) is 2.06. The van der Waals surface area contributed by atoms with Gasteiger partial charge in [0.15, 0.2) is 0 Å². The molecule has 1 aromatic carbocycles. The number of carbonyl (C=O) groups excluding carboxylic acids is 1. The Morgan fingerprint density at radius 2 is 1.89 bits per heavy atom. The van der Waals surface area contributed by atoms with Crippen LogP contribution in [0.4, 0.5) is 0 Å². The molecule has 0 saturated heterocycles. The summed E-state index contributed by atoms with van der Waals surface area (Å²) >= 11 is 14.2. The summed E-state index contributed by atoms with van der Waals surface area (Å²) in [6.07, 6.45) is 0. The lowest BCUT2D eigenvalue weighted by Crippen LogP contribution is -2.41. The van der Waals surface area contributed by atoms with Crippen LogP contribution in [0.5, 0.6) is 5.75 Å². The summed E-state index contributed by atoms with van der Waals surface area (Å²) in [7, 11) is 1.50. The molecule has 1 N–H and O–H groups in total. The van der Waals surface area contributed by atoms with Crippen LogP contribution < -0.4 is 10.1 Å². The van der Waals surface area contributed by atoms with Gasteiger partial charge < -0.3 is 10.1 Å². The van der Waals surface area contributed by atoms with Crippen LogP contribution in [0.25, 0.3) is 0 Å². The van der Waals surface area contributed by atoms with Crippen LogP contribution in [-0.4, -0.2) is 18.6 Å². The molecule has 18 heavy (non-hydrogen) atoms. The first-order chi connectivity index (χ1) is 8.17. The van der Waals surface area contributed by atoms with Gasteiger partial charge in [-0.3, -0.25) is 4.79 Å². The van der Waals surface area contributed by atoms with E-state index >= 15 is 0 Å². The Hall–Kier alpha value is -0.200. The Bertz CT molecular complexity index is 484. The average Bonchev–Trinajstić information content (AvgIpc) is 2.20. The molecule has 0 spiro atoms. The van der Waals surface area contributed by atoms with Crippen molar-refractivity contribution in [3.63, 3.8) is 0 Å². The molecule has 0 aliphatic rings. The summed E-state index contributed by atoms with van der Waals surface area (Å²) < 4.78 is 5.78. The van der Waals surface area contributed by atoms with Crippen LogP contribution in [0, 0.1) is 3.57 Å². The maximum Gasteiger partial charge on any atom is 0.254 e. The first kappa shape index (κ1) is 15.9. The average molecular weight is 402 g/mol. The second-order valence-corrected chi connectivity index (χ2v) is 6.69. The lowest BCUT2D eigenvalue weighted by Gasteiger charge is -2.22. The number of hydrogen-bond acceptors (Lipinski definition) is 2. The number of rotatable bonds is 2. The number of halogens is 3. The highest BCUT2D eigenvalue weighted by Crippen LogP contribution is 2.37. The van der Waals surface area contributed by atoms with Gasteiger partial charge in [-0.1, -0.05) is 23.2 Å². The second-order valence-electron chi connectivity index (χ2n) is 4.77. The van der Waals surface area contributed by atoms with E-state index in [1.165, 1.54) is 7.11 Å². The SMILES string of the molecule is COc1cc(I)c(C(=O)NC(C)(C)C)c(Cl)c1Cl. The van der Waals surface area contributed by atoms with Crippen LogP contribution in [0.3, 0.4) is 0 Å². The molecule has 3 nitrogen and oxygen atoms in total. The Morgan fingerprint density at radius 1 is 1.33 bits per heavy atom. The van der Waals surface area contributed by atoms with Gasteiger partial charge >= 0.3 is 0 Å². The highest BCUT2D eigenvalue weighted by Gasteiger charge is 2.23. The number of carbonyl (C=O) groups is 1. The molecule has 6 heteroatoms. The fourth-order valence-electron chi connectivity index (χ4n) is 1.33. The summed E-state index contributed by atoms with van der Waals surface area (Å²) in [5.74, 6) is 0.208. The molecular formula is C12H14Cl2INO2. The van der Waals surface area contributed by atoms with Crippen molar-refractivity contribution >= 4 is 51.7 Å². The summed E-state index contributed by atoms with van der Waals surface area (Å²) in [5, 5.41) is 3.31. The zero-order valence-electron chi connectivity index (χ0n) is 10.5. The van der Waals surface area contributed by atoms with Gasteiger partial charge in [-0.05, 0) is 49.4 Å². The van der Waals surface area contributed by atoms with Gasteiger partial charge in [0.25, 0.3) is 5.91 Å². The zero-order valence-corrected chi connectivity index (χ0v) is 14.2. The number of ether oxygens (including phenoxy) is 1. The Labute approximate surface area is 130 Å². The molecule has 0 bridgehead atoms.